The molecule has 0 aliphatic carbocycles. The predicted molar refractivity (Wildman–Crippen MR) is 111 cm³/mol. The number of rotatable bonds is 9. The predicted octanol–water partition coefficient (Wildman–Crippen LogP) is 0.221. The molecule has 4 N–H and O–H groups in total. The Balaban J connectivity index is 2.22. The third kappa shape index (κ3) is 6.14. The summed E-state index contributed by atoms with van der Waals surface area (Å²) in [6, 6.07) is 6.87. The van der Waals surface area contributed by atoms with Gasteiger partial charge in [-0.05, 0) is 24.1 Å². The van der Waals surface area contributed by atoms with E-state index in [1.54, 1.807) is 18.2 Å². The van der Waals surface area contributed by atoms with E-state index < -0.39 is 34.2 Å². The molecule has 3 atom stereocenters. The maximum Gasteiger partial charge on any atom is 0.271 e. The zero-order valence-corrected chi connectivity index (χ0v) is 17.9. The lowest BCUT2D eigenvalue weighted by molar-refractivity contribution is -0.000380. The highest BCUT2D eigenvalue weighted by Gasteiger charge is 2.29. The van der Waals surface area contributed by atoms with Gasteiger partial charge >= 0.3 is 0 Å². The highest BCUT2D eigenvalue weighted by Crippen LogP contribution is 2.22. The van der Waals surface area contributed by atoms with Gasteiger partial charge < -0.3 is 20.6 Å². The van der Waals surface area contributed by atoms with E-state index >= 15 is 0 Å². The fraction of sp³-hybridized carbons (Fsp3) is 0.389. The van der Waals surface area contributed by atoms with Crippen molar-refractivity contribution >= 4 is 32.4 Å². The van der Waals surface area contributed by atoms with Gasteiger partial charge in [0.05, 0.1) is 30.9 Å². The van der Waals surface area contributed by atoms with Crippen LogP contribution in [0.4, 0.5) is 5.13 Å². The molecule has 0 aliphatic heterocycles. The molecule has 10 nitrogen and oxygen atoms in total. The summed E-state index contributed by atoms with van der Waals surface area (Å²) in [7, 11) is -2.23. The van der Waals surface area contributed by atoms with E-state index in [9.17, 15) is 28.5 Å². The van der Waals surface area contributed by atoms with Crippen molar-refractivity contribution in [2.24, 2.45) is 0 Å². The number of nitrogens with one attached hydrogen (secondary N) is 1. The first kappa shape index (κ1) is 23.6. The molecule has 2 aromatic rings. The second kappa shape index (κ2) is 9.86. The van der Waals surface area contributed by atoms with E-state index in [4.69, 9.17) is 5.26 Å². The fourth-order valence-electron chi connectivity index (χ4n) is 2.52. The van der Waals surface area contributed by atoms with Gasteiger partial charge in [0, 0.05) is 12.4 Å². The van der Waals surface area contributed by atoms with Crippen molar-refractivity contribution in [2.45, 2.75) is 31.1 Å². The number of carbonyl (C=O) groups is 1. The van der Waals surface area contributed by atoms with Gasteiger partial charge in [0.25, 0.3) is 5.91 Å². The fourth-order valence-corrected chi connectivity index (χ4v) is 4.06. The molecule has 1 aromatic carbocycles. The number of nitriles is 1. The molecule has 12 heteroatoms. The molecule has 0 fully saturated rings. The molecule has 30 heavy (non-hydrogen) atoms. The summed E-state index contributed by atoms with van der Waals surface area (Å²) < 4.78 is 24.2. The Hall–Kier alpha value is -2.72. The number of benzene rings is 1. The topological polar surface area (TPSA) is 164 Å². The molecule has 0 saturated carbocycles. The number of thiazole rings is 1. The molecule has 0 bridgehead atoms. The third-order valence-corrected chi connectivity index (χ3v) is 6.51. The first-order valence-electron chi connectivity index (χ1n) is 8.74. The SMILES string of the molecule is CN(c1nc(C(=O)NC(Cc2ccc(O)cc2)C(O)C(O)CC#N)cs1)S(C)(=O)=O. The lowest BCUT2D eigenvalue weighted by atomic mass is 9.96. The molecule has 1 heterocycles. The lowest BCUT2D eigenvalue weighted by Crippen LogP contribution is -2.49. The number of hydrogen-bond acceptors (Lipinski definition) is 9. The number of phenolic OH excluding ortho intramolecular Hbond substituents is 1. The summed E-state index contributed by atoms with van der Waals surface area (Å²) in [4.78, 5) is 16.6. The number of carbonyl (C=O) groups excluding carboxylic acids is 1. The number of nitrogens with zero attached hydrogens (tertiary/aromatic N) is 3. The van der Waals surface area contributed by atoms with Crippen molar-refractivity contribution in [3.8, 4) is 11.8 Å². The molecule has 0 spiro atoms. The number of aliphatic hydroxyl groups excluding tert-OH is 2. The number of amides is 1. The first-order chi connectivity index (χ1) is 14.0. The van der Waals surface area contributed by atoms with Crippen LogP contribution in [0.5, 0.6) is 5.75 Å². The van der Waals surface area contributed by atoms with E-state index in [0.29, 0.717) is 5.56 Å². The normalized spacial score (nSPS) is 14.4. The molecule has 0 aliphatic rings. The van der Waals surface area contributed by atoms with Gasteiger partial charge in [-0.3, -0.25) is 4.79 Å². The number of aromatic hydroxyl groups is 1. The number of aliphatic hydroxyl groups is 2. The summed E-state index contributed by atoms with van der Waals surface area (Å²) >= 11 is 0.960. The van der Waals surface area contributed by atoms with Crippen LogP contribution in [0.3, 0.4) is 0 Å². The van der Waals surface area contributed by atoms with Crippen LogP contribution in [-0.4, -0.2) is 66.2 Å². The van der Waals surface area contributed by atoms with Gasteiger partial charge in [-0.15, -0.1) is 11.3 Å². The van der Waals surface area contributed by atoms with Gasteiger partial charge in [-0.25, -0.2) is 17.7 Å². The minimum atomic E-state index is -3.54. The molecule has 1 aromatic heterocycles. The monoisotopic (exact) mass is 454 g/mol. The maximum absolute atomic E-state index is 12.6. The summed E-state index contributed by atoms with van der Waals surface area (Å²) in [5, 5.41) is 42.7. The van der Waals surface area contributed by atoms with Crippen molar-refractivity contribution in [3.63, 3.8) is 0 Å². The molecule has 3 unspecified atom stereocenters. The van der Waals surface area contributed by atoms with E-state index in [1.807, 2.05) is 0 Å². The van der Waals surface area contributed by atoms with Gasteiger partial charge in [0.15, 0.2) is 5.13 Å². The minimum absolute atomic E-state index is 0.0504. The minimum Gasteiger partial charge on any atom is -0.508 e. The Labute approximate surface area is 178 Å². The van der Waals surface area contributed by atoms with Crippen molar-refractivity contribution in [1.29, 1.82) is 5.26 Å². The Morgan fingerprint density at radius 1 is 1.33 bits per heavy atom. The molecule has 0 radical (unpaired) electrons. The summed E-state index contributed by atoms with van der Waals surface area (Å²) in [6.07, 6.45) is -2.05. The van der Waals surface area contributed by atoms with Crippen LogP contribution in [0, 0.1) is 11.3 Å². The van der Waals surface area contributed by atoms with Crippen LogP contribution in [0.25, 0.3) is 0 Å². The van der Waals surface area contributed by atoms with E-state index in [2.05, 4.69) is 10.3 Å². The van der Waals surface area contributed by atoms with E-state index in [-0.39, 0.29) is 29.4 Å². The molecule has 0 saturated heterocycles. The quantitative estimate of drug-likeness (QED) is 0.418. The largest absolute Gasteiger partial charge is 0.508 e. The Kier molecular flexibility index (Phi) is 7.74. The second-order valence-corrected chi connectivity index (χ2v) is 9.47. The maximum atomic E-state index is 12.6. The summed E-state index contributed by atoms with van der Waals surface area (Å²) in [5.74, 6) is -0.624. The van der Waals surface area contributed by atoms with Gasteiger partial charge in [0.1, 0.15) is 17.5 Å². The Bertz CT molecular complexity index is 1020. The molecule has 162 valence electrons. The zero-order chi connectivity index (χ0) is 22.5. The van der Waals surface area contributed by atoms with Gasteiger partial charge in [0.2, 0.25) is 10.0 Å². The van der Waals surface area contributed by atoms with Crippen LogP contribution in [-0.2, 0) is 16.4 Å². The summed E-state index contributed by atoms with van der Waals surface area (Å²) in [6.45, 7) is 0. The average molecular weight is 455 g/mol. The summed E-state index contributed by atoms with van der Waals surface area (Å²) in [5.41, 5.74) is 0.611. The van der Waals surface area contributed by atoms with Crippen LogP contribution >= 0.6 is 11.3 Å². The van der Waals surface area contributed by atoms with Gasteiger partial charge in [-0.1, -0.05) is 12.1 Å². The highest BCUT2D eigenvalue weighted by molar-refractivity contribution is 7.92. The van der Waals surface area contributed by atoms with E-state index in [0.717, 1.165) is 21.9 Å². The Morgan fingerprint density at radius 2 is 1.97 bits per heavy atom. The molecule has 1 amide bonds. The van der Waals surface area contributed by atoms with Crippen LogP contribution in [0.15, 0.2) is 29.6 Å². The molecular formula is C18H22N4O6S2. The van der Waals surface area contributed by atoms with Gasteiger partial charge in [-0.2, -0.15) is 5.26 Å². The van der Waals surface area contributed by atoms with Crippen molar-refractivity contribution in [1.82, 2.24) is 10.3 Å². The standard InChI is InChI=1S/C18H22N4O6S2/c1-22(30(2,27)28)18-21-14(10-29-18)17(26)20-13(16(25)15(24)7-8-19)9-11-3-5-12(23)6-4-11/h3-6,10,13,15-16,23-25H,7,9H2,1-2H3,(H,20,26). The average Bonchev–Trinajstić information content (AvgIpc) is 3.17. The highest BCUT2D eigenvalue weighted by atomic mass is 32.2. The molecular weight excluding hydrogens is 432 g/mol. The molecule has 2 rings (SSSR count). The number of anilines is 1. The lowest BCUT2D eigenvalue weighted by Gasteiger charge is -2.26. The smallest absolute Gasteiger partial charge is 0.271 e. The van der Waals surface area contributed by atoms with E-state index in [1.165, 1.54) is 24.6 Å². The number of hydrogen-bond donors (Lipinski definition) is 4. The third-order valence-electron chi connectivity index (χ3n) is 4.31. The first-order valence-corrected chi connectivity index (χ1v) is 11.5. The van der Waals surface area contributed by atoms with Crippen LogP contribution in [0.1, 0.15) is 22.5 Å². The second-order valence-electron chi connectivity index (χ2n) is 6.62. The number of phenols is 1. The zero-order valence-electron chi connectivity index (χ0n) is 16.3. The van der Waals surface area contributed by atoms with Crippen molar-refractivity contribution in [2.75, 3.05) is 17.6 Å². The Morgan fingerprint density at radius 3 is 2.53 bits per heavy atom. The number of aromatic nitrogens is 1. The van der Waals surface area contributed by atoms with Crippen molar-refractivity contribution < 1.29 is 28.5 Å². The van der Waals surface area contributed by atoms with Crippen LogP contribution in [0.2, 0.25) is 0 Å². The van der Waals surface area contributed by atoms with Crippen molar-refractivity contribution in [3.05, 3.63) is 40.9 Å². The number of sulfonamides is 1. The van der Waals surface area contributed by atoms with Crippen LogP contribution < -0.4 is 9.62 Å².